The van der Waals surface area contributed by atoms with Gasteiger partial charge in [0.1, 0.15) is 0 Å². The lowest BCUT2D eigenvalue weighted by Crippen LogP contribution is -2.35. The topological polar surface area (TPSA) is 29.0 Å². The lowest BCUT2D eigenvalue weighted by Gasteiger charge is -2.39. The zero-order valence-electron chi connectivity index (χ0n) is 16.1. The van der Waals surface area contributed by atoms with Gasteiger partial charge in [-0.2, -0.15) is 13.2 Å². The summed E-state index contributed by atoms with van der Waals surface area (Å²) < 4.78 is 40.7. The van der Waals surface area contributed by atoms with Gasteiger partial charge in [-0.3, -0.25) is 0 Å². The van der Waals surface area contributed by atoms with E-state index in [9.17, 15) is 13.2 Å². The van der Waals surface area contributed by atoms with Crippen LogP contribution in [0.25, 0.3) is 11.3 Å². The standard InChI is InChI=1S/C21H23ClF3N3/c1-19(2)9-15-10-20(3,11-19)12-28(15)18-26-16(8-17(27-18)21(23,24)25)13-4-6-14(22)7-5-13/h4-8,15H,9-12H2,1-3H3/t15-,20-/m1/s1. The Morgan fingerprint density at radius 2 is 1.75 bits per heavy atom. The lowest BCUT2D eigenvalue weighted by molar-refractivity contribution is -0.141. The van der Waals surface area contributed by atoms with Crippen LogP contribution in [0.5, 0.6) is 0 Å². The third-order valence-corrected chi connectivity index (χ3v) is 6.07. The van der Waals surface area contributed by atoms with Crippen LogP contribution in [0.15, 0.2) is 30.3 Å². The number of fused-ring (bicyclic) bond motifs is 2. The van der Waals surface area contributed by atoms with Crippen molar-refractivity contribution in [2.45, 2.75) is 52.3 Å². The van der Waals surface area contributed by atoms with Crippen LogP contribution in [0, 0.1) is 10.8 Å². The molecule has 2 heterocycles. The molecule has 28 heavy (non-hydrogen) atoms. The van der Waals surface area contributed by atoms with Gasteiger partial charge in [-0.1, -0.05) is 44.5 Å². The van der Waals surface area contributed by atoms with Gasteiger partial charge in [-0.15, -0.1) is 0 Å². The molecule has 3 nitrogen and oxygen atoms in total. The molecule has 0 radical (unpaired) electrons. The molecule has 0 N–H and O–H groups in total. The minimum Gasteiger partial charge on any atom is -0.337 e. The van der Waals surface area contributed by atoms with Crippen molar-refractivity contribution in [1.82, 2.24) is 9.97 Å². The Hall–Kier alpha value is -1.82. The van der Waals surface area contributed by atoms with Crippen molar-refractivity contribution < 1.29 is 13.2 Å². The normalized spacial score (nSPS) is 26.5. The van der Waals surface area contributed by atoms with Crippen LogP contribution in [0.4, 0.5) is 19.1 Å². The van der Waals surface area contributed by atoms with Gasteiger partial charge in [0, 0.05) is 23.2 Å². The van der Waals surface area contributed by atoms with Crippen molar-refractivity contribution in [2.24, 2.45) is 10.8 Å². The average Bonchev–Trinajstić information content (AvgIpc) is 2.83. The second-order valence-corrected chi connectivity index (χ2v) is 9.72. The number of aromatic nitrogens is 2. The molecule has 1 aliphatic heterocycles. The Morgan fingerprint density at radius 3 is 2.39 bits per heavy atom. The largest absolute Gasteiger partial charge is 0.433 e. The van der Waals surface area contributed by atoms with Crippen molar-refractivity contribution in [3.05, 3.63) is 41.0 Å². The van der Waals surface area contributed by atoms with Gasteiger partial charge in [0.2, 0.25) is 5.95 Å². The predicted molar refractivity (Wildman–Crippen MR) is 104 cm³/mol. The van der Waals surface area contributed by atoms with Crippen molar-refractivity contribution in [3.63, 3.8) is 0 Å². The molecule has 2 aromatic rings. The third kappa shape index (κ3) is 3.71. The fourth-order valence-electron chi connectivity index (χ4n) is 5.17. The summed E-state index contributed by atoms with van der Waals surface area (Å²) in [6.45, 7) is 7.36. The van der Waals surface area contributed by atoms with E-state index in [0.29, 0.717) is 17.1 Å². The highest BCUT2D eigenvalue weighted by atomic mass is 35.5. The molecule has 1 saturated heterocycles. The van der Waals surface area contributed by atoms with Crippen LogP contribution in [-0.2, 0) is 6.18 Å². The molecule has 0 amide bonds. The van der Waals surface area contributed by atoms with Gasteiger partial charge in [-0.25, -0.2) is 9.97 Å². The van der Waals surface area contributed by atoms with Gasteiger partial charge >= 0.3 is 6.18 Å². The number of alkyl halides is 3. The number of benzene rings is 1. The summed E-state index contributed by atoms with van der Waals surface area (Å²) in [5, 5.41) is 0.526. The van der Waals surface area contributed by atoms with E-state index in [1.807, 2.05) is 4.90 Å². The molecule has 4 rings (SSSR count). The van der Waals surface area contributed by atoms with E-state index in [4.69, 9.17) is 11.6 Å². The zero-order chi connectivity index (χ0) is 20.3. The molecule has 0 unspecified atom stereocenters. The maximum absolute atomic E-state index is 13.6. The monoisotopic (exact) mass is 409 g/mol. The number of rotatable bonds is 2. The van der Waals surface area contributed by atoms with Crippen LogP contribution in [0.1, 0.15) is 45.7 Å². The summed E-state index contributed by atoms with van der Waals surface area (Å²) in [5.74, 6) is 0.172. The molecule has 2 aliphatic rings. The van der Waals surface area contributed by atoms with Crippen LogP contribution < -0.4 is 4.90 Å². The summed E-state index contributed by atoms with van der Waals surface area (Å²) in [5.41, 5.74) is 0.178. The fraction of sp³-hybridized carbons (Fsp3) is 0.524. The molecule has 150 valence electrons. The van der Waals surface area contributed by atoms with Crippen molar-refractivity contribution in [2.75, 3.05) is 11.4 Å². The molecular formula is C21H23ClF3N3. The molecule has 1 saturated carbocycles. The van der Waals surface area contributed by atoms with Gasteiger partial charge in [-0.05, 0) is 48.3 Å². The summed E-state index contributed by atoms with van der Waals surface area (Å²) >= 11 is 5.92. The van der Waals surface area contributed by atoms with Gasteiger partial charge in [0.15, 0.2) is 5.69 Å². The van der Waals surface area contributed by atoms with E-state index in [0.717, 1.165) is 25.3 Å². The first-order valence-electron chi connectivity index (χ1n) is 9.43. The number of hydrogen-bond donors (Lipinski definition) is 0. The number of anilines is 1. The second-order valence-electron chi connectivity index (χ2n) is 9.28. The highest BCUT2D eigenvalue weighted by Gasteiger charge is 2.50. The van der Waals surface area contributed by atoms with Crippen molar-refractivity contribution in [1.29, 1.82) is 0 Å². The molecule has 0 spiro atoms. The quantitative estimate of drug-likeness (QED) is 0.589. The molecule has 2 atom stereocenters. The molecule has 1 aromatic heterocycles. The molecule has 1 aromatic carbocycles. The van der Waals surface area contributed by atoms with Crippen LogP contribution in [0.3, 0.4) is 0 Å². The predicted octanol–water partition coefficient (Wildman–Crippen LogP) is 6.22. The van der Waals surface area contributed by atoms with Gasteiger partial charge in [0.05, 0.1) is 5.69 Å². The molecular weight excluding hydrogens is 387 g/mol. The third-order valence-electron chi connectivity index (χ3n) is 5.82. The lowest BCUT2D eigenvalue weighted by atomic mass is 9.65. The van der Waals surface area contributed by atoms with Gasteiger partial charge in [0.25, 0.3) is 0 Å². The Labute approximate surface area is 167 Å². The van der Waals surface area contributed by atoms with Gasteiger partial charge < -0.3 is 4.90 Å². The number of nitrogens with zero attached hydrogens (tertiary/aromatic N) is 3. The number of hydrogen-bond acceptors (Lipinski definition) is 3. The van der Waals surface area contributed by atoms with E-state index in [-0.39, 0.29) is 28.5 Å². The minimum atomic E-state index is -4.53. The van der Waals surface area contributed by atoms with Crippen molar-refractivity contribution >= 4 is 17.5 Å². The minimum absolute atomic E-state index is 0.0739. The van der Waals surface area contributed by atoms with E-state index in [1.54, 1.807) is 24.3 Å². The second kappa shape index (κ2) is 6.34. The van der Waals surface area contributed by atoms with Crippen LogP contribution in [-0.4, -0.2) is 22.6 Å². The summed E-state index contributed by atoms with van der Waals surface area (Å²) in [4.78, 5) is 10.5. The van der Waals surface area contributed by atoms with E-state index < -0.39 is 11.9 Å². The first-order valence-corrected chi connectivity index (χ1v) is 9.81. The van der Waals surface area contributed by atoms with Crippen LogP contribution in [0.2, 0.25) is 5.02 Å². The summed E-state index contributed by atoms with van der Waals surface area (Å²) in [6, 6.07) is 7.84. The molecule has 1 aliphatic carbocycles. The highest BCUT2D eigenvalue weighted by Crippen LogP contribution is 2.53. The first-order chi connectivity index (χ1) is 12.9. The van der Waals surface area contributed by atoms with Crippen molar-refractivity contribution in [3.8, 4) is 11.3 Å². The zero-order valence-corrected chi connectivity index (χ0v) is 16.9. The molecule has 2 bridgehead atoms. The van der Waals surface area contributed by atoms with E-state index >= 15 is 0 Å². The average molecular weight is 410 g/mol. The summed E-state index contributed by atoms with van der Waals surface area (Å²) in [6.07, 6.45) is -1.59. The Bertz CT molecular complexity index is 895. The summed E-state index contributed by atoms with van der Waals surface area (Å²) in [7, 11) is 0. The molecule has 7 heteroatoms. The first kappa shape index (κ1) is 19.5. The highest BCUT2D eigenvalue weighted by molar-refractivity contribution is 6.30. The Morgan fingerprint density at radius 1 is 1.07 bits per heavy atom. The maximum Gasteiger partial charge on any atom is 0.433 e. The Balaban J connectivity index is 1.79. The Kier molecular flexibility index (Phi) is 4.42. The molecule has 2 fully saturated rings. The number of halogens is 4. The maximum atomic E-state index is 13.6. The smallest absolute Gasteiger partial charge is 0.337 e. The van der Waals surface area contributed by atoms with E-state index in [2.05, 4.69) is 30.7 Å². The van der Waals surface area contributed by atoms with E-state index in [1.165, 1.54) is 0 Å². The SMILES string of the molecule is CC1(C)C[C@@H]2C[C@@](C)(CN2c2nc(-c3ccc(Cl)cc3)cc(C(F)(F)F)n2)C1. The van der Waals surface area contributed by atoms with Crippen LogP contribution >= 0.6 is 11.6 Å². The fourth-order valence-corrected chi connectivity index (χ4v) is 5.30.